The van der Waals surface area contributed by atoms with E-state index >= 15 is 0 Å². The average molecular weight is 176 g/mol. The molecule has 5 atom stereocenters. The van der Waals surface area contributed by atoms with Crippen LogP contribution in [-0.4, -0.2) is 40.3 Å². The number of hydrogen-bond acceptors (Lipinski definition) is 3. The molecule has 4 heteroatoms. The van der Waals surface area contributed by atoms with Crippen molar-refractivity contribution < 1.29 is 19.3 Å². The van der Waals surface area contributed by atoms with E-state index < -0.39 is 30.1 Å². The number of ether oxygens (including phenoxy) is 1. The van der Waals surface area contributed by atoms with Gasteiger partial charge >= 0.3 is 0 Å². The van der Waals surface area contributed by atoms with Gasteiger partial charge in [-0.1, -0.05) is 0 Å². The fourth-order valence-electron chi connectivity index (χ4n) is 2.22. The van der Waals surface area contributed by atoms with E-state index in [1.165, 1.54) is 0 Å². The molecular formula is C8H13FO3. The third kappa shape index (κ3) is 0.857. The van der Waals surface area contributed by atoms with E-state index in [0.29, 0.717) is 12.8 Å². The first-order chi connectivity index (χ1) is 5.55. The Labute approximate surface area is 70.1 Å². The van der Waals surface area contributed by atoms with E-state index in [2.05, 4.69) is 0 Å². The number of fused-ring (bicyclic) bond motifs is 1. The van der Waals surface area contributed by atoms with Gasteiger partial charge in [-0.2, -0.15) is 0 Å². The third-order valence-electron chi connectivity index (χ3n) is 2.93. The van der Waals surface area contributed by atoms with Gasteiger partial charge in [-0.3, -0.25) is 0 Å². The van der Waals surface area contributed by atoms with Gasteiger partial charge in [0.1, 0.15) is 11.7 Å². The number of aliphatic hydroxyl groups is 2. The number of aliphatic hydroxyl groups excluding tert-OH is 1. The van der Waals surface area contributed by atoms with Crippen molar-refractivity contribution in [3.63, 3.8) is 0 Å². The molecule has 2 rings (SSSR count). The molecular weight excluding hydrogens is 163 g/mol. The molecule has 0 aromatic heterocycles. The molecule has 0 aromatic carbocycles. The molecule has 2 aliphatic rings. The van der Waals surface area contributed by atoms with Crippen LogP contribution in [0.1, 0.15) is 19.8 Å². The van der Waals surface area contributed by atoms with Gasteiger partial charge in [0.2, 0.25) is 0 Å². The predicted octanol–water partition coefficient (Wildman–Crippen LogP) is -0.00240. The van der Waals surface area contributed by atoms with Crippen LogP contribution in [0.25, 0.3) is 0 Å². The summed E-state index contributed by atoms with van der Waals surface area (Å²) in [6, 6.07) is 0. The third-order valence-corrected chi connectivity index (χ3v) is 2.93. The number of alkyl halides is 1. The Balaban J connectivity index is 2.25. The summed E-state index contributed by atoms with van der Waals surface area (Å²) in [5.41, 5.74) is -1.43. The predicted molar refractivity (Wildman–Crippen MR) is 39.4 cm³/mol. The zero-order valence-electron chi connectivity index (χ0n) is 6.90. The molecule has 2 fully saturated rings. The lowest BCUT2D eigenvalue weighted by atomic mass is 9.94. The molecule has 0 radical (unpaired) electrons. The maximum atomic E-state index is 13.3. The summed E-state index contributed by atoms with van der Waals surface area (Å²) < 4.78 is 18.5. The van der Waals surface area contributed by atoms with Crippen molar-refractivity contribution in [2.45, 2.75) is 49.9 Å². The first-order valence-corrected chi connectivity index (χ1v) is 4.25. The van der Waals surface area contributed by atoms with Crippen LogP contribution in [0.5, 0.6) is 0 Å². The van der Waals surface area contributed by atoms with Crippen LogP contribution >= 0.6 is 0 Å². The molecule has 1 heterocycles. The lowest BCUT2D eigenvalue weighted by Gasteiger charge is -2.23. The van der Waals surface area contributed by atoms with Crippen LogP contribution in [0, 0.1) is 0 Å². The SMILES string of the molecule is C[C@@H]1O[C@@H]2[C@H](O)CC[C@]2(O)[C@@H]1F. The summed E-state index contributed by atoms with van der Waals surface area (Å²) in [5, 5.41) is 19.1. The van der Waals surface area contributed by atoms with Crippen LogP contribution in [0.2, 0.25) is 0 Å². The Kier molecular flexibility index (Phi) is 1.68. The van der Waals surface area contributed by atoms with Gasteiger partial charge in [-0.15, -0.1) is 0 Å². The fraction of sp³-hybridized carbons (Fsp3) is 1.00. The van der Waals surface area contributed by atoms with Gasteiger partial charge in [0.15, 0.2) is 6.17 Å². The first kappa shape index (κ1) is 8.41. The lowest BCUT2D eigenvalue weighted by Crippen LogP contribution is -2.44. The van der Waals surface area contributed by atoms with Crippen molar-refractivity contribution in [1.82, 2.24) is 0 Å². The van der Waals surface area contributed by atoms with Crippen molar-refractivity contribution in [2.24, 2.45) is 0 Å². The van der Waals surface area contributed by atoms with Crippen LogP contribution in [-0.2, 0) is 4.74 Å². The van der Waals surface area contributed by atoms with Crippen molar-refractivity contribution in [2.75, 3.05) is 0 Å². The van der Waals surface area contributed by atoms with E-state index in [0.717, 1.165) is 0 Å². The van der Waals surface area contributed by atoms with Gasteiger partial charge in [0.25, 0.3) is 0 Å². The standard InChI is InChI=1S/C8H13FO3/c1-4-6(9)8(11)3-2-5(10)7(8)12-4/h4-7,10-11H,2-3H2,1H3/t4-,5+,6+,7+,8-/m0/s1. The molecule has 12 heavy (non-hydrogen) atoms. The molecule has 0 spiro atoms. The number of hydrogen-bond donors (Lipinski definition) is 2. The molecule has 1 saturated carbocycles. The summed E-state index contributed by atoms with van der Waals surface area (Å²) in [6.45, 7) is 1.58. The topological polar surface area (TPSA) is 49.7 Å². The molecule has 3 nitrogen and oxygen atoms in total. The minimum absolute atomic E-state index is 0.296. The molecule has 0 unspecified atom stereocenters. The van der Waals surface area contributed by atoms with Crippen LogP contribution in [0.15, 0.2) is 0 Å². The summed E-state index contributed by atoms with van der Waals surface area (Å²) in [6.07, 6.45) is -2.67. The minimum Gasteiger partial charge on any atom is -0.390 e. The maximum Gasteiger partial charge on any atom is 0.157 e. The van der Waals surface area contributed by atoms with E-state index in [1.54, 1.807) is 6.92 Å². The van der Waals surface area contributed by atoms with E-state index in [4.69, 9.17) is 4.74 Å². The molecule has 1 aliphatic carbocycles. The highest BCUT2D eigenvalue weighted by molar-refractivity contribution is 5.09. The fourth-order valence-corrected chi connectivity index (χ4v) is 2.22. The largest absolute Gasteiger partial charge is 0.390 e. The lowest BCUT2D eigenvalue weighted by molar-refractivity contribution is -0.0734. The molecule has 1 aliphatic heterocycles. The second kappa shape index (κ2) is 2.40. The summed E-state index contributed by atoms with van der Waals surface area (Å²) in [5.74, 6) is 0. The quantitative estimate of drug-likeness (QED) is 0.546. The summed E-state index contributed by atoms with van der Waals surface area (Å²) >= 11 is 0. The molecule has 70 valence electrons. The molecule has 1 saturated heterocycles. The van der Waals surface area contributed by atoms with Crippen molar-refractivity contribution in [3.05, 3.63) is 0 Å². The Morgan fingerprint density at radius 2 is 2.25 bits per heavy atom. The van der Waals surface area contributed by atoms with Gasteiger partial charge in [0, 0.05) is 0 Å². The van der Waals surface area contributed by atoms with Gasteiger partial charge in [-0.05, 0) is 19.8 Å². The molecule has 0 amide bonds. The zero-order chi connectivity index (χ0) is 8.93. The van der Waals surface area contributed by atoms with Crippen molar-refractivity contribution >= 4 is 0 Å². The normalized spacial score (nSPS) is 59.0. The average Bonchev–Trinajstić information content (AvgIpc) is 2.42. The Bertz CT molecular complexity index is 199. The minimum atomic E-state index is -1.43. The zero-order valence-corrected chi connectivity index (χ0v) is 6.90. The second-order valence-corrected chi connectivity index (χ2v) is 3.76. The summed E-state index contributed by atoms with van der Waals surface area (Å²) in [7, 11) is 0. The van der Waals surface area contributed by atoms with Gasteiger partial charge in [-0.25, -0.2) is 4.39 Å². The first-order valence-electron chi connectivity index (χ1n) is 4.25. The number of rotatable bonds is 0. The van der Waals surface area contributed by atoms with Crippen LogP contribution in [0.3, 0.4) is 0 Å². The maximum absolute atomic E-state index is 13.3. The highest BCUT2D eigenvalue weighted by atomic mass is 19.1. The molecule has 0 bridgehead atoms. The summed E-state index contributed by atoms with van der Waals surface area (Å²) in [4.78, 5) is 0. The van der Waals surface area contributed by atoms with Crippen LogP contribution in [0.4, 0.5) is 4.39 Å². The van der Waals surface area contributed by atoms with Crippen LogP contribution < -0.4 is 0 Å². The Hall–Kier alpha value is -0.190. The number of halogens is 1. The van der Waals surface area contributed by atoms with Crippen molar-refractivity contribution in [1.29, 1.82) is 0 Å². The smallest absolute Gasteiger partial charge is 0.157 e. The van der Waals surface area contributed by atoms with Gasteiger partial charge in [0.05, 0.1) is 12.2 Å². The Morgan fingerprint density at radius 3 is 2.83 bits per heavy atom. The Morgan fingerprint density at radius 1 is 1.58 bits per heavy atom. The highest BCUT2D eigenvalue weighted by Crippen LogP contribution is 2.44. The van der Waals surface area contributed by atoms with Crippen molar-refractivity contribution in [3.8, 4) is 0 Å². The van der Waals surface area contributed by atoms with E-state index in [9.17, 15) is 14.6 Å². The van der Waals surface area contributed by atoms with E-state index in [-0.39, 0.29) is 0 Å². The second-order valence-electron chi connectivity index (χ2n) is 3.76. The molecule has 0 aromatic rings. The van der Waals surface area contributed by atoms with Gasteiger partial charge < -0.3 is 14.9 Å². The van der Waals surface area contributed by atoms with E-state index in [1.807, 2.05) is 0 Å². The highest BCUT2D eigenvalue weighted by Gasteiger charge is 2.60. The molecule has 2 N–H and O–H groups in total. The monoisotopic (exact) mass is 176 g/mol.